The minimum absolute atomic E-state index is 0.0458. The Balaban J connectivity index is 1.45. The van der Waals surface area contributed by atoms with Gasteiger partial charge >= 0.3 is 0 Å². The van der Waals surface area contributed by atoms with Crippen molar-refractivity contribution in [1.82, 2.24) is 19.5 Å². The average Bonchev–Trinajstić information content (AvgIpc) is 3.42. The van der Waals surface area contributed by atoms with E-state index in [1.807, 2.05) is 66.7 Å². The highest BCUT2D eigenvalue weighted by atomic mass is 16.5. The third kappa shape index (κ3) is 4.78. The van der Waals surface area contributed by atoms with Crippen LogP contribution in [0.25, 0.3) is 35.5 Å². The van der Waals surface area contributed by atoms with Gasteiger partial charge in [0, 0.05) is 6.42 Å². The number of imidazole rings is 1. The number of fused-ring (bicyclic) bond motifs is 1. The molecule has 0 spiro atoms. The van der Waals surface area contributed by atoms with Crippen molar-refractivity contribution in [2.45, 2.75) is 24.9 Å². The van der Waals surface area contributed by atoms with E-state index < -0.39 is 24.0 Å². The molecule has 0 radical (unpaired) electrons. The number of nitrogens with one attached hydrogen (secondary N) is 1. The van der Waals surface area contributed by atoms with Crippen LogP contribution in [-0.2, 0) is 4.74 Å². The monoisotopic (exact) mass is 471 g/mol. The van der Waals surface area contributed by atoms with Gasteiger partial charge in [0.05, 0.1) is 12.7 Å². The fourth-order valence-electron chi connectivity index (χ4n) is 4.10. The molecular weight excluding hydrogens is 446 g/mol. The van der Waals surface area contributed by atoms with Crippen molar-refractivity contribution in [3.63, 3.8) is 0 Å². The van der Waals surface area contributed by atoms with Gasteiger partial charge in [-0.1, -0.05) is 72.8 Å². The van der Waals surface area contributed by atoms with Crippen molar-refractivity contribution in [3.05, 3.63) is 87.5 Å². The Morgan fingerprint density at radius 3 is 2.26 bits per heavy atom. The molecule has 2 aromatic heterocycles. The maximum absolute atomic E-state index is 12.4. The Morgan fingerprint density at radius 1 is 1.00 bits per heavy atom. The van der Waals surface area contributed by atoms with Crippen molar-refractivity contribution in [2.75, 3.05) is 12.3 Å². The number of nitrogens with zero attached hydrogens (tertiary/aromatic N) is 3. The van der Waals surface area contributed by atoms with Gasteiger partial charge in [-0.15, -0.1) is 0 Å². The molecule has 1 aliphatic heterocycles. The molecule has 178 valence electrons. The highest BCUT2D eigenvalue weighted by molar-refractivity contribution is 5.77. The summed E-state index contributed by atoms with van der Waals surface area (Å²) in [6, 6.07) is 18.1. The van der Waals surface area contributed by atoms with Crippen LogP contribution in [0.3, 0.4) is 0 Å². The molecule has 9 nitrogen and oxygen atoms in total. The minimum Gasteiger partial charge on any atom is -0.394 e. The summed E-state index contributed by atoms with van der Waals surface area (Å²) in [5, 5.41) is 19.7. The first-order valence-electron chi connectivity index (χ1n) is 11.2. The Hall–Kier alpha value is -4.05. The predicted molar refractivity (Wildman–Crippen MR) is 135 cm³/mol. The van der Waals surface area contributed by atoms with Gasteiger partial charge in [-0.25, -0.2) is 4.98 Å². The lowest BCUT2D eigenvalue weighted by Gasteiger charge is -2.15. The van der Waals surface area contributed by atoms with Crippen molar-refractivity contribution in [2.24, 2.45) is 0 Å². The number of hydrogen-bond donors (Lipinski definition) is 4. The zero-order chi connectivity index (χ0) is 24.4. The van der Waals surface area contributed by atoms with Gasteiger partial charge in [-0.3, -0.25) is 14.3 Å². The van der Waals surface area contributed by atoms with Gasteiger partial charge in [-0.2, -0.15) is 4.98 Å². The number of aromatic nitrogens is 4. The van der Waals surface area contributed by atoms with E-state index in [-0.39, 0.29) is 30.1 Å². The Labute approximate surface area is 200 Å². The molecule has 0 unspecified atom stereocenters. The summed E-state index contributed by atoms with van der Waals surface area (Å²) in [4.78, 5) is 23.6. The van der Waals surface area contributed by atoms with Crippen molar-refractivity contribution < 1.29 is 14.9 Å². The first kappa shape index (κ1) is 22.7. The van der Waals surface area contributed by atoms with Crippen LogP contribution in [0.5, 0.6) is 0 Å². The Morgan fingerprint density at radius 2 is 1.63 bits per heavy atom. The molecule has 3 atom stereocenters. The summed E-state index contributed by atoms with van der Waals surface area (Å²) in [7, 11) is 0. The number of nitrogen functional groups attached to an aromatic ring is 1. The van der Waals surface area contributed by atoms with Crippen LogP contribution >= 0.6 is 0 Å². The number of H-pyrrole nitrogens is 1. The molecule has 9 heteroatoms. The van der Waals surface area contributed by atoms with Crippen LogP contribution in [0.4, 0.5) is 5.95 Å². The molecule has 5 rings (SSSR count). The molecular formula is C26H25N5O4. The standard InChI is InChI=1S/C26H25N5O4/c27-26-29-24-23(25(34)30-26)28-21(31(24)22-14-19(33)20(15-32)35-22)13-12-18-10-8-17(9-11-18)7-6-16-4-2-1-3-5-16/h1-13,19-20,22,32-33H,14-15H2,(H3,27,29,30,34)/b7-6+,13-12+/t19-,20+,22+/m0/s1. The van der Waals surface area contributed by atoms with Crippen LogP contribution < -0.4 is 11.3 Å². The van der Waals surface area contributed by atoms with Crippen molar-refractivity contribution in [1.29, 1.82) is 0 Å². The van der Waals surface area contributed by atoms with E-state index in [2.05, 4.69) is 21.0 Å². The summed E-state index contributed by atoms with van der Waals surface area (Å²) in [6.07, 6.45) is 5.70. The fourth-order valence-corrected chi connectivity index (χ4v) is 4.10. The molecule has 5 N–H and O–H groups in total. The number of aromatic amines is 1. The van der Waals surface area contributed by atoms with Crippen LogP contribution in [-0.4, -0.2) is 48.5 Å². The first-order chi connectivity index (χ1) is 17.0. The maximum atomic E-state index is 12.4. The molecule has 0 saturated carbocycles. The summed E-state index contributed by atoms with van der Waals surface area (Å²) in [5.74, 6) is 0.378. The normalized spacial score (nSPS) is 20.5. The second kappa shape index (κ2) is 9.67. The van der Waals surface area contributed by atoms with E-state index in [1.54, 1.807) is 10.6 Å². The number of ether oxygens (including phenoxy) is 1. The molecule has 3 heterocycles. The summed E-state index contributed by atoms with van der Waals surface area (Å²) in [6.45, 7) is -0.323. The zero-order valence-corrected chi connectivity index (χ0v) is 18.8. The molecule has 1 saturated heterocycles. The lowest BCUT2D eigenvalue weighted by Crippen LogP contribution is -2.24. The molecule has 0 bridgehead atoms. The van der Waals surface area contributed by atoms with E-state index in [0.717, 1.165) is 16.7 Å². The zero-order valence-electron chi connectivity index (χ0n) is 18.8. The number of rotatable bonds is 6. The molecule has 4 aromatic rings. The Bertz CT molecular complexity index is 1440. The Kier molecular flexibility index (Phi) is 6.28. The highest BCUT2D eigenvalue weighted by Gasteiger charge is 2.36. The molecule has 0 amide bonds. The average molecular weight is 472 g/mol. The first-order valence-corrected chi connectivity index (χ1v) is 11.2. The van der Waals surface area contributed by atoms with Gasteiger partial charge in [0.25, 0.3) is 5.56 Å². The molecule has 1 fully saturated rings. The molecule has 2 aromatic carbocycles. The second-order valence-electron chi connectivity index (χ2n) is 8.32. The van der Waals surface area contributed by atoms with Crippen LogP contribution in [0, 0.1) is 0 Å². The third-order valence-corrected chi connectivity index (χ3v) is 5.90. The van der Waals surface area contributed by atoms with E-state index in [9.17, 15) is 15.0 Å². The summed E-state index contributed by atoms with van der Waals surface area (Å²) < 4.78 is 7.45. The van der Waals surface area contributed by atoms with Crippen LogP contribution in [0.15, 0.2) is 59.4 Å². The smallest absolute Gasteiger partial charge is 0.280 e. The van der Waals surface area contributed by atoms with Crippen molar-refractivity contribution in [3.8, 4) is 0 Å². The van der Waals surface area contributed by atoms with Gasteiger partial charge in [0.15, 0.2) is 11.2 Å². The summed E-state index contributed by atoms with van der Waals surface area (Å²) >= 11 is 0. The number of benzene rings is 2. The van der Waals surface area contributed by atoms with E-state index in [1.165, 1.54) is 0 Å². The fraction of sp³-hybridized carbons (Fsp3) is 0.192. The number of anilines is 1. The molecule has 1 aliphatic rings. The highest BCUT2D eigenvalue weighted by Crippen LogP contribution is 2.32. The van der Waals surface area contributed by atoms with Crippen LogP contribution in [0.1, 0.15) is 35.2 Å². The number of aliphatic hydroxyl groups is 2. The largest absolute Gasteiger partial charge is 0.394 e. The number of hydrogen-bond acceptors (Lipinski definition) is 7. The minimum atomic E-state index is -0.852. The lowest BCUT2D eigenvalue weighted by molar-refractivity contribution is -0.0433. The third-order valence-electron chi connectivity index (χ3n) is 5.90. The van der Waals surface area contributed by atoms with Crippen LogP contribution in [0.2, 0.25) is 0 Å². The number of nitrogens with two attached hydrogens (primary N) is 1. The predicted octanol–water partition coefficient (Wildman–Crippen LogP) is 2.68. The molecule has 0 aliphatic carbocycles. The lowest BCUT2D eigenvalue weighted by atomic mass is 10.1. The van der Waals surface area contributed by atoms with E-state index in [4.69, 9.17) is 10.5 Å². The van der Waals surface area contributed by atoms with Gasteiger partial charge in [0.2, 0.25) is 5.95 Å². The van der Waals surface area contributed by atoms with Crippen molar-refractivity contribution >= 4 is 41.4 Å². The quantitative estimate of drug-likeness (QED) is 0.317. The number of aliphatic hydroxyl groups excluding tert-OH is 2. The summed E-state index contributed by atoms with van der Waals surface area (Å²) in [5.41, 5.74) is 8.79. The topological polar surface area (TPSA) is 139 Å². The molecule has 35 heavy (non-hydrogen) atoms. The van der Waals surface area contributed by atoms with E-state index in [0.29, 0.717) is 5.82 Å². The van der Waals surface area contributed by atoms with E-state index >= 15 is 0 Å². The second-order valence-corrected chi connectivity index (χ2v) is 8.32. The van der Waals surface area contributed by atoms with Gasteiger partial charge in [0.1, 0.15) is 18.2 Å². The SMILES string of the molecule is Nc1nc2c(nc(/C=C/c3ccc(/C=C/c4ccccc4)cc3)n2[C@H]2C[C@H](O)[C@@H](CO)O2)c(=O)[nH]1. The van der Waals surface area contributed by atoms with Gasteiger partial charge < -0.3 is 20.7 Å². The van der Waals surface area contributed by atoms with Gasteiger partial charge in [-0.05, 0) is 22.8 Å². The maximum Gasteiger partial charge on any atom is 0.280 e.